The number of methoxy groups -OCH3 is 1. The molecule has 0 amide bonds. The molecule has 0 heterocycles. The quantitative estimate of drug-likeness (QED) is 0.365. The first-order valence-corrected chi connectivity index (χ1v) is 11.2. The summed E-state index contributed by atoms with van der Waals surface area (Å²) in [6.07, 6.45) is 1.08. The number of hydrogen-bond acceptors (Lipinski definition) is 6. The summed E-state index contributed by atoms with van der Waals surface area (Å²) >= 11 is 0. The predicted octanol–water partition coefficient (Wildman–Crippen LogP) is 4.15. The molecule has 8 nitrogen and oxygen atoms in total. The van der Waals surface area contributed by atoms with Gasteiger partial charge in [0.05, 0.1) is 36.6 Å². The van der Waals surface area contributed by atoms with Gasteiger partial charge in [-0.1, -0.05) is 42.5 Å². The number of nitrogens with zero attached hydrogens (tertiary/aromatic N) is 2. The Balaban J connectivity index is 1.99. The molecule has 0 saturated carbocycles. The summed E-state index contributed by atoms with van der Waals surface area (Å²) in [6.45, 7) is 0.164. The van der Waals surface area contributed by atoms with E-state index in [-0.39, 0.29) is 30.3 Å². The molecule has 0 aliphatic rings. The number of rotatable bonds is 9. The summed E-state index contributed by atoms with van der Waals surface area (Å²) in [7, 11) is -2.17. The molecule has 3 aromatic rings. The molecule has 3 rings (SSSR count). The molecule has 0 aliphatic heterocycles. The lowest BCUT2D eigenvalue weighted by Crippen LogP contribution is -2.29. The van der Waals surface area contributed by atoms with Gasteiger partial charge in [0.1, 0.15) is 12.4 Å². The van der Waals surface area contributed by atoms with E-state index in [1.54, 1.807) is 31.4 Å². The van der Waals surface area contributed by atoms with Crippen molar-refractivity contribution in [3.05, 3.63) is 94.0 Å². The van der Waals surface area contributed by atoms with Crippen molar-refractivity contribution in [3.8, 4) is 11.5 Å². The van der Waals surface area contributed by atoms with Crippen LogP contribution in [0.25, 0.3) is 0 Å². The third-order valence-corrected chi connectivity index (χ3v) is 5.67. The minimum absolute atomic E-state index is 0.0301. The van der Waals surface area contributed by atoms with E-state index in [1.165, 1.54) is 22.5 Å². The second-order valence-electron chi connectivity index (χ2n) is 6.80. The largest absolute Gasteiger partial charge is 0.497 e. The average Bonchev–Trinajstić information content (AvgIpc) is 2.76. The first-order valence-electron chi connectivity index (χ1n) is 9.34. The lowest BCUT2D eigenvalue weighted by molar-refractivity contribution is -0.384. The molecule has 162 valence electrons. The molecule has 3 aromatic carbocycles. The first-order chi connectivity index (χ1) is 14.8. The fourth-order valence-electron chi connectivity index (χ4n) is 2.95. The molecule has 0 atom stereocenters. The van der Waals surface area contributed by atoms with E-state index in [1.807, 2.05) is 30.3 Å². The molecule has 0 fully saturated rings. The van der Waals surface area contributed by atoms with Crippen molar-refractivity contribution in [2.45, 2.75) is 13.2 Å². The Morgan fingerprint density at radius 1 is 0.968 bits per heavy atom. The minimum Gasteiger partial charge on any atom is -0.497 e. The third kappa shape index (κ3) is 5.73. The van der Waals surface area contributed by atoms with Crippen molar-refractivity contribution in [3.63, 3.8) is 0 Å². The monoisotopic (exact) mass is 442 g/mol. The fraction of sp³-hybridized carbons (Fsp3) is 0.182. The lowest BCUT2D eigenvalue weighted by atomic mass is 10.2. The zero-order valence-electron chi connectivity index (χ0n) is 17.1. The van der Waals surface area contributed by atoms with E-state index < -0.39 is 14.9 Å². The van der Waals surface area contributed by atoms with E-state index in [0.717, 1.165) is 17.4 Å². The lowest BCUT2D eigenvalue weighted by Gasteiger charge is -2.25. The molecular formula is C22H22N2O6S. The molecule has 9 heteroatoms. The highest BCUT2D eigenvalue weighted by Crippen LogP contribution is 2.35. The normalized spacial score (nSPS) is 11.0. The smallest absolute Gasteiger partial charge is 0.273 e. The van der Waals surface area contributed by atoms with Gasteiger partial charge >= 0.3 is 0 Å². The Hall–Kier alpha value is -3.59. The number of ether oxygens (including phenoxy) is 2. The van der Waals surface area contributed by atoms with Crippen LogP contribution in [0.5, 0.6) is 11.5 Å². The molecular weight excluding hydrogens is 420 g/mol. The van der Waals surface area contributed by atoms with Crippen LogP contribution in [0.3, 0.4) is 0 Å². The summed E-state index contributed by atoms with van der Waals surface area (Å²) < 4.78 is 37.4. The van der Waals surface area contributed by atoms with E-state index in [0.29, 0.717) is 5.75 Å². The summed E-state index contributed by atoms with van der Waals surface area (Å²) in [5, 5.41) is 11.3. The van der Waals surface area contributed by atoms with Crippen molar-refractivity contribution in [1.82, 2.24) is 0 Å². The molecule has 0 bridgehead atoms. The topological polar surface area (TPSA) is 99.0 Å². The van der Waals surface area contributed by atoms with Gasteiger partial charge in [-0.3, -0.25) is 14.4 Å². The van der Waals surface area contributed by atoms with Crippen LogP contribution in [0, 0.1) is 10.1 Å². The maximum Gasteiger partial charge on any atom is 0.273 e. The zero-order chi connectivity index (χ0) is 22.4. The number of anilines is 1. The van der Waals surface area contributed by atoms with Crippen LogP contribution in [0.15, 0.2) is 72.8 Å². The van der Waals surface area contributed by atoms with Crippen LogP contribution >= 0.6 is 0 Å². The Kier molecular flexibility index (Phi) is 6.76. The standard InChI is InChI=1S/C22H22N2O6S/c1-29-20-11-8-17(9-12-20)15-23(31(2,27)28)21-13-10-19(24(25)26)14-22(21)30-16-18-6-4-3-5-7-18/h3-14H,15-16H2,1-2H3. The van der Waals surface area contributed by atoms with E-state index in [2.05, 4.69) is 0 Å². The van der Waals surface area contributed by atoms with Gasteiger partial charge in [-0.05, 0) is 29.3 Å². The number of non-ortho nitro benzene ring substituents is 1. The Labute approximate surface area is 180 Å². The maximum absolute atomic E-state index is 12.6. The van der Waals surface area contributed by atoms with Crippen LogP contribution in [0.2, 0.25) is 0 Å². The Morgan fingerprint density at radius 3 is 2.23 bits per heavy atom. The van der Waals surface area contributed by atoms with Gasteiger partial charge in [-0.2, -0.15) is 0 Å². The Morgan fingerprint density at radius 2 is 1.65 bits per heavy atom. The van der Waals surface area contributed by atoms with E-state index in [9.17, 15) is 18.5 Å². The highest BCUT2D eigenvalue weighted by molar-refractivity contribution is 7.92. The fourth-order valence-corrected chi connectivity index (χ4v) is 3.84. The number of sulfonamides is 1. The summed E-state index contributed by atoms with van der Waals surface area (Å²) in [6, 6.07) is 20.1. The van der Waals surface area contributed by atoms with Gasteiger partial charge in [0.15, 0.2) is 5.75 Å². The summed E-state index contributed by atoms with van der Waals surface area (Å²) in [5.41, 5.74) is 1.60. The number of benzene rings is 3. The SMILES string of the molecule is COc1ccc(CN(c2ccc([N+](=O)[O-])cc2OCc2ccccc2)S(C)(=O)=O)cc1. The molecule has 0 saturated heterocycles. The highest BCUT2D eigenvalue weighted by Gasteiger charge is 2.24. The third-order valence-electron chi connectivity index (χ3n) is 4.55. The van der Waals surface area contributed by atoms with Gasteiger partial charge < -0.3 is 9.47 Å². The molecule has 0 radical (unpaired) electrons. The minimum atomic E-state index is -3.72. The van der Waals surface area contributed by atoms with Crippen LogP contribution < -0.4 is 13.8 Å². The predicted molar refractivity (Wildman–Crippen MR) is 118 cm³/mol. The van der Waals surface area contributed by atoms with Crippen molar-refractivity contribution in [2.75, 3.05) is 17.7 Å². The van der Waals surface area contributed by atoms with Crippen LogP contribution in [0.1, 0.15) is 11.1 Å². The van der Waals surface area contributed by atoms with E-state index in [4.69, 9.17) is 9.47 Å². The number of nitro groups is 1. The van der Waals surface area contributed by atoms with Crippen LogP contribution in [-0.4, -0.2) is 26.7 Å². The summed E-state index contributed by atoms with van der Waals surface area (Å²) in [5.74, 6) is 0.758. The molecule has 0 aromatic heterocycles. The van der Waals surface area contributed by atoms with Gasteiger partial charge in [0.2, 0.25) is 10.0 Å². The number of nitro benzene ring substituents is 1. The molecule has 0 aliphatic carbocycles. The van der Waals surface area contributed by atoms with Crippen molar-refractivity contribution >= 4 is 21.4 Å². The molecule has 31 heavy (non-hydrogen) atoms. The van der Waals surface area contributed by atoms with Crippen LogP contribution in [0.4, 0.5) is 11.4 Å². The second-order valence-corrected chi connectivity index (χ2v) is 8.71. The second kappa shape index (κ2) is 9.48. The van der Waals surface area contributed by atoms with Crippen molar-refractivity contribution in [1.29, 1.82) is 0 Å². The van der Waals surface area contributed by atoms with Gasteiger partial charge in [0.25, 0.3) is 5.69 Å². The molecule has 0 unspecified atom stereocenters. The summed E-state index contributed by atoms with van der Waals surface area (Å²) in [4.78, 5) is 10.7. The Bertz CT molecular complexity index is 1150. The van der Waals surface area contributed by atoms with E-state index >= 15 is 0 Å². The van der Waals surface area contributed by atoms with Crippen molar-refractivity contribution < 1.29 is 22.8 Å². The maximum atomic E-state index is 12.6. The van der Waals surface area contributed by atoms with Gasteiger partial charge in [-0.15, -0.1) is 0 Å². The van der Waals surface area contributed by atoms with Gasteiger partial charge in [0, 0.05) is 6.07 Å². The molecule has 0 N–H and O–H groups in total. The zero-order valence-corrected chi connectivity index (χ0v) is 17.9. The molecule has 0 spiro atoms. The van der Waals surface area contributed by atoms with Crippen LogP contribution in [-0.2, 0) is 23.2 Å². The van der Waals surface area contributed by atoms with Crippen molar-refractivity contribution in [2.24, 2.45) is 0 Å². The highest BCUT2D eigenvalue weighted by atomic mass is 32.2. The average molecular weight is 442 g/mol. The van der Waals surface area contributed by atoms with Gasteiger partial charge in [-0.25, -0.2) is 8.42 Å². The number of hydrogen-bond donors (Lipinski definition) is 0. The first kappa shape index (κ1) is 22.1.